The molecule has 0 aromatic heterocycles. The molecule has 1 aromatic rings. The minimum absolute atomic E-state index is 0.137. The molecule has 0 saturated heterocycles. The molecule has 0 aliphatic carbocycles. The third-order valence-corrected chi connectivity index (χ3v) is 4.56. The lowest BCUT2D eigenvalue weighted by molar-refractivity contribution is 0.439. The molecule has 1 rings (SSSR count). The summed E-state index contributed by atoms with van der Waals surface area (Å²) in [5.74, 6) is -0.540. The highest BCUT2D eigenvalue weighted by atomic mass is 35.5. The Morgan fingerprint density at radius 1 is 1.53 bits per heavy atom. The van der Waals surface area contributed by atoms with E-state index in [2.05, 4.69) is 4.72 Å². The van der Waals surface area contributed by atoms with E-state index in [0.29, 0.717) is 0 Å². The summed E-state index contributed by atoms with van der Waals surface area (Å²) >= 11 is 5.85. The summed E-state index contributed by atoms with van der Waals surface area (Å²) < 4.78 is 40.8. The Labute approximate surface area is 117 Å². The van der Waals surface area contributed by atoms with Crippen molar-refractivity contribution in [2.45, 2.75) is 19.5 Å². The average Bonchev–Trinajstić information content (AvgIpc) is 2.33. The molecule has 0 aliphatic rings. The van der Waals surface area contributed by atoms with Crippen molar-refractivity contribution in [2.24, 2.45) is 5.73 Å². The van der Waals surface area contributed by atoms with Crippen molar-refractivity contribution in [1.29, 1.82) is 0 Å². The van der Waals surface area contributed by atoms with Crippen LogP contribution < -0.4 is 10.5 Å². The maximum atomic E-state index is 13.6. The van der Waals surface area contributed by atoms with E-state index in [4.69, 9.17) is 17.3 Å². The number of halogens is 2. The number of hydrogen-bond acceptors (Lipinski definition) is 3. The van der Waals surface area contributed by atoms with Gasteiger partial charge in [-0.2, -0.15) is 17.4 Å². The van der Waals surface area contributed by atoms with Gasteiger partial charge in [-0.15, -0.1) is 0 Å². The third-order valence-electron chi connectivity index (χ3n) is 2.56. The van der Waals surface area contributed by atoms with Crippen LogP contribution in [0.2, 0.25) is 5.02 Å². The molecule has 0 bridgehead atoms. The van der Waals surface area contributed by atoms with Crippen molar-refractivity contribution in [1.82, 2.24) is 9.03 Å². The van der Waals surface area contributed by atoms with E-state index >= 15 is 0 Å². The minimum atomic E-state index is -3.73. The zero-order valence-corrected chi connectivity index (χ0v) is 12.3. The van der Waals surface area contributed by atoms with Crippen molar-refractivity contribution in [3.8, 4) is 0 Å². The van der Waals surface area contributed by atoms with Crippen molar-refractivity contribution in [2.75, 3.05) is 13.6 Å². The molecule has 0 amide bonds. The first kappa shape index (κ1) is 16.3. The molecule has 0 unspecified atom stereocenters. The summed E-state index contributed by atoms with van der Waals surface area (Å²) in [6.07, 6.45) is 0. The van der Waals surface area contributed by atoms with E-state index in [1.54, 1.807) is 6.92 Å². The predicted molar refractivity (Wildman–Crippen MR) is 73.4 cm³/mol. The lowest BCUT2D eigenvalue weighted by Gasteiger charge is -2.21. The van der Waals surface area contributed by atoms with Gasteiger partial charge in [0.25, 0.3) is 10.2 Å². The Morgan fingerprint density at radius 3 is 2.68 bits per heavy atom. The topological polar surface area (TPSA) is 75.4 Å². The second kappa shape index (κ2) is 6.62. The quantitative estimate of drug-likeness (QED) is 0.826. The Bertz CT molecular complexity index is 518. The number of nitrogens with zero attached hydrogens (tertiary/aromatic N) is 1. The van der Waals surface area contributed by atoms with Crippen LogP contribution in [0.25, 0.3) is 0 Å². The normalized spacial score (nSPS) is 13.8. The van der Waals surface area contributed by atoms with Crippen LogP contribution in [0, 0.1) is 5.82 Å². The van der Waals surface area contributed by atoms with Gasteiger partial charge in [0.05, 0.1) is 0 Å². The summed E-state index contributed by atoms with van der Waals surface area (Å²) in [5.41, 5.74) is 5.49. The first-order valence-electron chi connectivity index (χ1n) is 5.64. The molecular formula is C11H17ClFN3O2S. The van der Waals surface area contributed by atoms with Gasteiger partial charge in [-0.3, -0.25) is 0 Å². The standard InChI is InChI=1S/C11H17ClFN3O2S/c1-8(6-14)15-19(17,18)16(2)7-9-10(12)4-3-5-11(9)13/h3-5,8,15H,6-7,14H2,1-2H3/t8-/m0/s1. The fourth-order valence-corrected chi connectivity index (χ4v) is 2.69. The van der Waals surface area contributed by atoms with Crippen LogP contribution in [0.15, 0.2) is 18.2 Å². The number of rotatable bonds is 6. The fraction of sp³-hybridized carbons (Fsp3) is 0.455. The Morgan fingerprint density at radius 2 is 2.16 bits per heavy atom. The molecule has 108 valence electrons. The van der Waals surface area contributed by atoms with Gasteiger partial charge in [-0.1, -0.05) is 17.7 Å². The van der Waals surface area contributed by atoms with Crippen molar-refractivity contribution >= 4 is 21.8 Å². The van der Waals surface area contributed by atoms with Crippen LogP contribution in [0.4, 0.5) is 4.39 Å². The van der Waals surface area contributed by atoms with Gasteiger partial charge in [0, 0.05) is 36.8 Å². The maximum Gasteiger partial charge on any atom is 0.279 e. The first-order valence-corrected chi connectivity index (χ1v) is 7.46. The summed E-state index contributed by atoms with van der Waals surface area (Å²) in [6, 6.07) is 3.81. The highest BCUT2D eigenvalue weighted by molar-refractivity contribution is 7.87. The molecule has 0 saturated carbocycles. The smallest absolute Gasteiger partial charge is 0.279 e. The Kier molecular flexibility index (Phi) is 5.69. The molecule has 0 radical (unpaired) electrons. The summed E-state index contributed by atoms with van der Waals surface area (Å²) in [5, 5.41) is 0.189. The fourth-order valence-electron chi connectivity index (χ4n) is 1.38. The zero-order chi connectivity index (χ0) is 14.6. The molecule has 0 fully saturated rings. The van der Waals surface area contributed by atoms with Gasteiger partial charge < -0.3 is 5.73 Å². The molecule has 19 heavy (non-hydrogen) atoms. The monoisotopic (exact) mass is 309 g/mol. The van der Waals surface area contributed by atoms with E-state index < -0.39 is 22.1 Å². The van der Waals surface area contributed by atoms with E-state index in [-0.39, 0.29) is 23.7 Å². The van der Waals surface area contributed by atoms with Gasteiger partial charge >= 0.3 is 0 Å². The van der Waals surface area contributed by atoms with E-state index in [9.17, 15) is 12.8 Å². The molecule has 1 aromatic carbocycles. The molecule has 8 heteroatoms. The number of benzene rings is 1. The second-order valence-corrected chi connectivity index (χ2v) is 6.43. The largest absolute Gasteiger partial charge is 0.329 e. The van der Waals surface area contributed by atoms with Crippen LogP contribution >= 0.6 is 11.6 Å². The second-order valence-electron chi connectivity index (χ2n) is 4.22. The van der Waals surface area contributed by atoms with Gasteiger partial charge in [-0.25, -0.2) is 4.39 Å². The van der Waals surface area contributed by atoms with Crippen molar-refractivity contribution in [3.63, 3.8) is 0 Å². The molecule has 5 nitrogen and oxygen atoms in total. The third kappa shape index (κ3) is 4.39. The number of hydrogen-bond donors (Lipinski definition) is 2. The molecule has 1 atom stereocenters. The minimum Gasteiger partial charge on any atom is -0.329 e. The molecular weight excluding hydrogens is 293 g/mol. The Balaban J connectivity index is 2.88. The van der Waals surface area contributed by atoms with Crippen molar-refractivity contribution in [3.05, 3.63) is 34.6 Å². The summed E-state index contributed by atoms with van der Waals surface area (Å²) in [6.45, 7) is 1.66. The van der Waals surface area contributed by atoms with Crippen LogP contribution in [-0.4, -0.2) is 32.4 Å². The summed E-state index contributed by atoms with van der Waals surface area (Å²) in [7, 11) is -2.38. The lowest BCUT2D eigenvalue weighted by atomic mass is 10.2. The molecule has 0 aliphatic heterocycles. The van der Waals surface area contributed by atoms with Crippen molar-refractivity contribution < 1.29 is 12.8 Å². The SMILES string of the molecule is C[C@@H](CN)NS(=O)(=O)N(C)Cc1c(F)cccc1Cl. The number of nitrogens with one attached hydrogen (secondary N) is 1. The van der Waals surface area contributed by atoms with Crippen LogP contribution in [0.5, 0.6) is 0 Å². The van der Waals surface area contributed by atoms with Gasteiger partial charge in [0.2, 0.25) is 0 Å². The van der Waals surface area contributed by atoms with E-state index in [1.165, 1.54) is 25.2 Å². The summed E-state index contributed by atoms with van der Waals surface area (Å²) in [4.78, 5) is 0. The highest BCUT2D eigenvalue weighted by Gasteiger charge is 2.21. The first-order chi connectivity index (χ1) is 8.77. The Hall–Kier alpha value is -0.730. The van der Waals surface area contributed by atoms with E-state index in [0.717, 1.165) is 4.31 Å². The van der Waals surface area contributed by atoms with Gasteiger partial charge in [0.1, 0.15) is 5.82 Å². The zero-order valence-electron chi connectivity index (χ0n) is 10.7. The molecule has 3 N–H and O–H groups in total. The van der Waals surface area contributed by atoms with Crippen LogP contribution in [-0.2, 0) is 16.8 Å². The van der Waals surface area contributed by atoms with Crippen LogP contribution in [0.1, 0.15) is 12.5 Å². The highest BCUT2D eigenvalue weighted by Crippen LogP contribution is 2.21. The lowest BCUT2D eigenvalue weighted by Crippen LogP contribution is -2.45. The molecule has 0 heterocycles. The number of nitrogens with two attached hydrogens (primary N) is 1. The van der Waals surface area contributed by atoms with E-state index in [1.807, 2.05) is 0 Å². The average molecular weight is 310 g/mol. The predicted octanol–water partition coefficient (Wildman–Crippen LogP) is 1.09. The maximum absolute atomic E-state index is 13.6. The van der Waals surface area contributed by atoms with Gasteiger partial charge in [-0.05, 0) is 19.1 Å². The molecule has 0 spiro atoms. The van der Waals surface area contributed by atoms with Gasteiger partial charge in [0.15, 0.2) is 0 Å². The van der Waals surface area contributed by atoms with Crippen LogP contribution in [0.3, 0.4) is 0 Å².